The van der Waals surface area contributed by atoms with Crippen molar-refractivity contribution in [3.8, 4) is 17.0 Å². The van der Waals surface area contributed by atoms with E-state index in [1.807, 2.05) is 24.8 Å². The molecular formula is C27H27F2N3O2. The molecule has 3 aromatic rings. The number of carbonyl (C=O) groups excluding carboxylic acids is 1. The topological polar surface area (TPSA) is 47.4 Å². The summed E-state index contributed by atoms with van der Waals surface area (Å²) >= 11 is 0. The third-order valence-corrected chi connectivity index (χ3v) is 7.41. The van der Waals surface area contributed by atoms with Gasteiger partial charge in [-0.3, -0.25) is 9.48 Å². The molecule has 2 aromatic carbocycles. The van der Waals surface area contributed by atoms with Crippen molar-refractivity contribution in [3.63, 3.8) is 0 Å². The van der Waals surface area contributed by atoms with E-state index in [1.165, 1.54) is 30.3 Å². The van der Waals surface area contributed by atoms with Crippen molar-refractivity contribution in [2.75, 3.05) is 13.1 Å². The quantitative estimate of drug-likeness (QED) is 0.505. The van der Waals surface area contributed by atoms with Crippen LogP contribution in [-0.2, 0) is 0 Å². The summed E-state index contributed by atoms with van der Waals surface area (Å²) in [7, 11) is 0. The van der Waals surface area contributed by atoms with E-state index in [-0.39, 0.29) is 29.3 Å². The van der Waals surface area contributed by atoms with Crippen LogP contribution in [0.5, 0.6) is 5.75 Å². The number of carbonyl (C=O) groups is 1. The zero-order chi connectivity index (χ0) is 23.6. The molecule has 6 rings (SSSR count). The SMILES string of the molecule is Cc1ccc(F)cc1-c1cc(C)n(C2CC3(C2)CN(C(=O)c2ccc(F)cc2OC2CC2)C3)n1. The Morgan fingerprint density at radius 1 is 1.03 bits per heavy atom. The average Bonchev–Trinajstić information content (AvgIpc) is 3.48. The minimum Gasteiger partial charge on any atom is -0.489 e. The lowest BCUT2D eigenvalue weighted by Gasteiger charge is -2.59. The number of amides is 1. The van der Waals surface area contributed by atoms with Gasteiger partial charge in [0.2, 0.25) is 0 Å². The zero-order valence-corrected chi connectivity index (χ0v) is 19.4. The Morgan fingerprint density at radius 2 is 1.74 bits per heavy atom. The van der Waals surface area contributed by atoms with Crippen molar-refractivity contribution in [1.29, 1.82) is 0 Å². The summed E-state index contributed by atoms with van der Waals surface area (Å²) < 4.78 is 35.3. The van der Waals surface area contributed by atoms with Crippen LogP contribution in [0, 0.1) is 30.9 Å². The first kappa shape index (κ1) is 21.3. The fraction of sp³-hybridized carbons (Fsp3) is 0.407. The summed E-state index contributed by atoms with van der Waals surface area (Å²) in [6.45, 7) is 5.38. The lowest BCUT2D eigenvalue weighted by molar-refractivity contribution is -0.0743. The van der Waals surface area contributed by atoms with Crippen LogP contribution < -0.4 is 4.74 Å². The lowest BCUT2D eigenvalue weighted by atomic mass is 9.60. The molecule has 0 radical (unpaired) electrons. The summed E-state index contributed by atoms with van der Waals surface area (Å²) in [5, 5.41) is 4.80. The minimum atomic E-state index is -0.392. The van der Waals surface area contributed by atoms with E-state index in [4.69, 9.17) is 9.84 Å². The normalized spacial score (nSPS) is 19.1. The van der Waals surface area contributed by atoms with Crippen molar-refractivity contribution in [3.05, 3.63) is 70.9 Å². The molecule has 1 aromatic heterocycles. The predicted octanol–water partition coefficient (Wildman–Crippen LogP) is 5.46. The standard InChI is InChI=1S/C27H27F2N3O2/c1-16-3-4-18(28)10-23(16)24-9-17(2)32(30-24)20-12-27(13-20)14-31(15-27)26(33)22-8-5-19(29)11-25(22)34-21-6-7-21/h3-5,8-11,20-21H,6-7,12-15H2,1-2H3. The van der Waals surface area contributed by atoms with Crippen LogP contribution in [0.1, 0.15) is 53.3 Å². The van der Waals surface area contributed by atoms with Gasteiger partial charge in [-0.15, -0.1) is 0 Å². The van der Waals surface area contributed by atoms with Crippen LogP contribution in [0.2, 0.25) is 0 Å². The Kier molecular flexibility index (Phi) is 4.80. The van der Waals surface area contributed by atoms with E-state index in [0.29, 0.717) is 24.4 Å². The van der Waals surface area contributed by atoms with Gasteiger partial charge in [-0.25, -0.2) is 8.78 Å². The van der Waals surface area contributed by atoms with Gasteiger partial charge in [0.25, 0.3) is 5.91 Å². The van der Waals surface area contributed by atoms with E-state index in [1.54, 1.807) is 6.07 Å². The number of hydrogen-bond donors (Lipinski definition) is 0. The van der Waals surface area contributed by atoms with Gasteiger partial charge in [0.05, 0.1) is 23.4 Å². The van der Waals surface area contributed by atoms with Crippen LogP contribution in [0.3, 0.4) is 0 Å². The Hall–Kier alpha value is -3.22. The molecule has 1 aliphatic heterocycles. The van der Waals surface area contributed by atoms with E-state index >= 15 is 0 Å². The molecule has 1 spiro atoms. The number of hydrogen-bond acceptors (Lipinski definition) is 3. The number of benzene rings is 2. The van der Waals surface area contributed by atoms with Gasteiger partial charge in [-0.2, -0.15) is 5.10 Å². The molecule has 2 aliphatic carbocycles. The summed E-state index contributed by atoms with van der Waals surface area (Å²) in [5.41, 5.74) is 4.22. The maximum Gasteiger partial charge on any atom is 0.257 e. The summed E-state index contributed by atoms with van der Waals surface area (Å²) in [4.78, 5) is 14.9. The van der Waals surface area contributed by atoms with E-state index in [2.05, 4.69) is 4.68 Å². The number of aryl methyl sites for hydroxylation is 2. The first-order valence-corrected chi connectivity index (χ1v) is 11.9. The largest absolute Gasteiger partial charge is 0.489 e. The van der Waals surface area contributed by atoms with Crippen molar-refractivity contribution in [2.24, 2.45) is 5.41 Å². The first-order chi connectivity index (χ1) is 16.3. The Morgan fingerprint density at radius 3 is 2.47 bits per heavy atom. The number of ether oxygens (including phenoxy) is 1. The molecule has 7 heteroatoms. The second-order valence-corrected chi connectivity index (χ2v) is 10.3. The summed E-state index contributed by atoms with van der Waals surface area (Å²) in [5.74, 6) is -0.394. The average molecular weight is 464 g/mol. The van der Waals surface area contributed by atoms with Crippen LogP contribution in [0.4, 0.5) is 8.78 Å². The van der Waals surface area contributed by atoms with Gasteiger partial charge in [0.15, 0.2) is 0 Å². The Balaban J connectivity index is 1.12. The van der Waals surface area contributed by atoms with Gasteiger partial charge in [-0.05, 0) is 75.4 Å². The third kappa shape index (κ3) is 3.67. The van der Waals surface area contributed by atoms with Crippen molar-refractivity contribution in [2.45, 2.75) is 51.7 Å². The highest BCUT2D eigenvalue weighted by molar-refractivity contribution is 5.97. The second kappa shape index (κ2) is 7.65. The van der Waals surface area contributed by atoms with Crippen LogP contribution in [0.25, 0.3) is 11.3 Å². The van der Waals surface area contributed by atoms with E-state index in [9.17, 15) is 13.6 Å². The highest BCUT2D eigenvalue weighted by Crippen LogP contribution is 2.54. The highest BCUT2D eigenvalue weighted by atomic mass is 19.1. The zero-order valence-electron chi connectivity index (χ0n) is 19.4. The molecule has 0 N–H and O–H groups in total. The summed E-state index contributed by atoms with van der Waals surface area (Å²) in [6, 6.07) is 11.2. The number of nitrogens with zero attached hydrogens (tertiary/aromatic N) is 3. The fourth-order valence-corrected chi connectivity index (χ4v) is 5.44. The molecule has 3 fully saturated rings. The van der Waals surface area contributed by atoms with Gasteiger partial charge in [-0.1, -0.05) is 6.07 Å². The number of likely N-dealkylation sites (tertiary alicyclic amines) is 1. The molecular weight excluding hydrogens is 436 g/mol. The molecule has 1 amide bonds. The van der Waals surface area contributed by atoms with Gasteiger partial charge >= 0.3 is 0 Å². The van der Waals surface area contributed by atoms with Crippen LogP contribution in [0.15, 0.2) is 42.5 Å². The number of rotatable bonds is 5. The smallest absolute Gasteiger partial charge is 0.257 e. The maximum atomic E-state index is 13.8. The van der Waals surface area contributed by atoms with Crippen molar-refractivity contribution in [1.82, 2.24) is 14.7 Å². The lowest BCUT2D eigenvalue weighted by Crippen LogP contribution is -2.63. The number of halogens is 2. The van der Waals surface area contributed by atoms with Crippen molar-refractivity contribution >= 4 is 5.91 Å². The first-order valence-electron chi connectivity index (χ1n) is 11.9. The van der Waals surface area contributed by atoms with Gasteiger partial charge in [0, 0.05) is 35.8 Å². The van der Waals surface area contributed by atoms with Gasteiger partial charge < -0.3 is 9.64 Å². The predicted molar refractivity (Wildman–Crippen MR) is 124 cm³/mol. The molecule has 0 unspecified atom stereocenters. The maximum absolute atomic E-state index is 13.8. The molecule has 0 atom stereocenters. The minimum absolute atomic E-state index is 0.0936. The molecule has 0 bridgehead atoms. The fourth-order valence-electron chi connectivity index (χ4n) is 5.44. The third-order valence-electron chi connectivity index (χ3n) is 7.41. The van der Waals surface area contributed by atoms with Gasteiger partial charge in [0.1, 0.15) is 17.4 Å². The van der Waals surface area contributed by atoms with E-state index < -0.39 is 5.82 Å². The molecule has 2 heterocycles. The highest BCUT2D eigenvalue weighted by Gasteiger charge is 2.55. The number of aromatic nitrogens is 2. The Bertz CT molecular complexity index is 1280. The molecule has 5 nitrogen and oxygen atoms in total. The second-order valence-electron chi connectivity index (χ2n) is 10.3. The van der Waals surface area contributed by atoms with Crippen molar-refractivity contribution < 1.29 is 18.3 Å². The molecule has 34 heavy (non-hydrogen) atoms. The van der Waals surface area contributed by atoms with E-state index in [0.717, 1.165) is 48.2 Å². The van der Waals surface area contributed by atoms with Crippen LogP contribution in [-0.4, -0.2) is 39.8 Å². The molecule has 1 saturated heterocycles. The summed E-state index contributed by atoms with van der Waals surface area (Å²) in [6.07, 6.45) is 3.91. The molecule has 176 valence electrons. The Labute approximate surface area is 197 Å². The van der Waals surface area contributed by atoms with Crippen LogP contribution >= 0.6 is 0 Å². The monoisotopic (exact) mass is 463 g/mol. The molecule has 2 saturated carbocycles. The molecule has 3 aliphatic rings.